The first-order chi connectivity index (χ1) is 9.15. The van der Waals surface area contributed by atoms with Crippen LogP contribution in [0.5, 0.6) is 0 Å². The van der Waals surface area contributed by atoms with Crippen LogP contribution in [0.2, 0.25) is 0 Å². The van der Waals surface area contributed by atoms with Crippen LogP contribution in [0, 0.1) is 0 Å². The predicted octanol–water partition coefficient (Wildman–Crippen LogP) is 2.94. The van der Waals surface area contributed by atoms with Gasteiger partial charge in [-0.2, -0.15) is 0 Å². The molecule has 1 unspecified atom stereocenters. The van der Waals surface area contributed by atoms with Crippen molar-refractivity contribution in [1.82, 2.24) is 5.32 Å². The summed E-state index contributed by atoms with van der Waals surface area (Å²) in [4.78, 5) is 23.6. The van der Waals surface area contributed by atoms with Crippen LogP contribution in [-0.2, 0) is 16.0 Å². The van der Waals surface area contributed by atoms with E-state index in [4.69, 9.17) is 5.73 Å². The van der Waals surface area contributed by atoms with Crippen molar-refractivity contribution in [3.8, 4) is 0 Å². The Kier molecular flexibility index (Phi) is 6.96. The maximum absolute atomic E-state index is 12.0. The zero-order valence-electron chi connectivity index (χ0n) is 10.8. The number of nitrogens with two attached hydrogens (primary N) is 1. The molecule has 110 valence electrons. The number of benzene rings is 1. The molecule has 0 heterocycles. The van der Waals surface area contributed by atoms with Gasteiger partial charge in [0.1, 0.15) is 4.97 Å². The SMILES string of the molecule is CC(=O)NC(Cc1ccccc1)(CC(I)(I)I)C(N)=O. The number of hydrogen-bond donors (Lipinski definition) is 2. The molecule has 3 N–H and O–H groups in total. The summed E-state index contributed by atoms with van der Waals surface area (Å²) in [6.07, 6.45) is 0.838. The van der Waals surface area contributed by atoms with E-state index in [1.807, 2.05) is 30.3 Å². The molecule has 1 aromatic carbocycles. The highest BCUT2D eigenvalue weighted by Gasteiger charge is 2.43. The van der Waals surface area contributed by atoms with Crippen molar-refractivity contribution in [1.29, 1.82) is 0 Å². The molecule has 0 aliphatic rings. The maximum atomic E-state index is 12.0. The Morgan fingerprint density at radius 2 is 1.75 bits per heavy atom. The molecule has 1 rings (SSSR count). The second-order valence-electron chi connectivity index (χ2n) is 4.58. The molecule has 0 radical (unpaired) electrons. The van der Waals surface area contributed by atoms with Crippen LogP contribution in [0.15, 0.2) is 30.3 Å². The van der Waals surface area contributed by atoms with Gasteiger partial charge in [-0.25, -0.2) is 0 Å². The summed E-state index contributed by atoms with van der Waals surface area (Å²) in [5.74, 6) is -0.765. The Morgan fingerprint density at radius 3 is 2.15 bits per heavy atom. The Morgan fingerprint density at radius 1 is 1.20 bits per heavy atom. The van der Waals surface area contributed by atoms with Gasteiger partial charge in [-0.05, 0) is 5.56 Å². The zero-order valence-corrected chi connectivity index (χ0v) is 17.3. The highest BCUT2D eigenvalue weighted by Crippen LogP contribution is 2.43. The lowest BCUT2D eigenvalue weighted by atomic mass is 9.87. The van der Waals surface area contributed by atoms with Crippen LogP contribution in [-0.4, -0.2) is 16.8 Å². The van der Waals surface area contributed by atoms with Crippen LogP contribution in [0.1, 0.15) is 18.9 Å². The average Bonchev–Trinajstić information content (AvgIpc) is 2.26. The first-order valence-corrected chi connectivity index (χ1v) is 9.08. The number of primary amides is 1. The van der Waals surface area contributed by atoms with E-state index in [0.29, 0.717) is 12.8 Å². The van der Waals surface area contributed by atoms with Gasteiger partial charge in [-0.3, -0.25) is 9.59 Å². The van der Waals surface area contributed by atoms with Crippen molar-refractivity contribution in [2.24, 2.45) is 5.73 Å². The number of nitrogens with one attached hydrogen (secondary N) is 1. The zero-order chi connectivity index (χ0) is 15.4. The van der Waals surface area contributed by atoms with Gasteiger partial charge in [0, 0.05) is 19.8 Å². The van der Waals surface area contributed by atoms with Crippen LogP contribution in [0.3, 0.4) is 0 Å². The summed E-state index contributed by atoms with van der Waals surface area (Å²) in [6, 6.07) is 9.57. The van der Waals surface area contributed by atoms with Gasteiger partial charge in [0.2, 0.25) is 11.8 Å². The van der Waals surface area contributed by atoms with E-state index in [2.05, 4.69) is 73.1 Å². The monoisotopic (exact) mass is 612 g/mol. The first kappa shape index (κ1) is 18.4. The van der Waals surface area contributed by atoms with Crippen molar-refractivity contribution in [2.75, 3.05) is 0 Å². The van der Waals surface area contributed by atoms with Crippen LogP contribution >= 0.6 is 67.8 Å². The van der Waals surface area contributed by atoms with E-state index in [1.165, 1.54) is 6.92 Å². The fourth-order valence-electron chi connectivity index (χ4n) is 2.01. The summed E-state index contributed by atoms with van der Waals surface area (Å²) >= 11 is 6.72. The minimum absolute atomic E-state index is 0.223. The molecule has 0 aliphatic heterocycles. The fraction of sp³-hybridized carbons (Fsp3) is 0.385. The molecule has 4 nitrogen and oxygen atoms in total. The smallest absolute Gasteiger partial charge is 0.243 e. The number of amides is 2. The first-order valence-electron chi connectivity index (χ1n) is 5.84. The molecule has 1 atom stereocenters. The lowest BCUT2D eigenvalue weighted by Gasteiger charge is -2.34. The van der Waals surface area contributed by atoms with Crippen LogP contribution < -0.4 is 11.1 Å². The van der Waals surface area contributed by atoms with Gasteiger partial charge in [0.25, 0.3) is 0 Å². The molecule has 0 fully saturated rings. The number of carbonyl (C=O) groups is 2. The third-order valence-corrected chi connectivity index (χ3v) is 3.88. The quantitative estimate of drug-likeness (QED) is 0.384. The topological polar surface area (TPSA) is 72.2 Å². The third-order valence-electron chi connectivity index (χ3n) is 2.74. The number of carbonyl (C=O) groups excluding carboxylic acids is 2. The maximum Gasteiger partial charge on any atom is 0.243 e. The Hall–Kier alpha value is 0.350. The number of hydrogen-bond acceptors (Lipinski definition) is 2. The summed E-state index contributed by atoms with van der Waals surface area (Å²) in [5, 5.41) is 2.77. The summed E-state index contributed by atoms with van der Waals surface area (Å²) in [6.45, 7) is 1.40. The molecule has 0 bridgehead atoms. The van der Waals surface area contributed by atoms with Crippen molar-refractivity contribution >= 4 is 79.6 Å². The molecule has 7 heteroatoms. The Bertz CT molecular complexity index is 488. The lowest BCUT2D eigenvalue weighted by Crippen LogP contribution is -2.60. The number of alkyl halides is 3. The summed E-state index contributed by atoms with van der Waals surface area (Å²) < 4.78 is -0.223. The molecule has 0 saturated carbocycles. The largest absolute Gasteiger partial charge is 0.368 e. The predicted molar refractivity (Wildman–Crippen MR) is 105 cm³/mol. The molecule has 20 heavy (non-hydrogen) atoms. The second-order valence-corrected chi connectivity index (χ2v) is 16.3. The van der Waals surface area contributed by atoms with Gasteiger partial charge in [-0.15, -0.1) is 0 Å². The van der Waals surface area contributed by atoms with E-state index >= 15 is 0 Å². The van der Waals surface area contributed by atoms with Gasteiger partial charge >= 0.3 is 0 Å². The fourth-order valence-corrected chi connectivity index (χ4v) is 3.96. The molecular weight excluding hydrogens is 597 g/mol. The molecule has 0 aliphatic carbocycles. The normalized spacial score (nSPS) is 14.4. The van der Waals surface area contributed by atoms with Crippen molar-refractivity contribution < 1.29 is 9.59 Å². The standard InChI is InChI=1S/C13H15I3N2O2/c1-9(19)18-12(11(17)20,8-13(14,15)16)7-10-5-3-2-4-6-10/h2-6H,7-8H2,1H3,(H2,17,20)(H,18,19). The van der Waals surface area contributed by atoms with Crippen LogP contribution in [0.25, 0.3) is 0 Å². The van der Waals surface area contributed by atoms with Crippen molar-refractivity contribution in [3.63, 3.8) is 0 Å². The van der Waals surface area contributed by atoms with E-state index in [0.717, 1.165) is 5.56 Å². The number of halogens is 3. The molecule has 0 aromatic heterocycles. The van der Waals surface area contributed by atoms with E-state index in [9.17, 15) is 9.59 Å². The molecule has 0 saturated heterocycles. The lowest BCUT2D eigenvalue weighted by molar-refractivity contribution is -0.130. The summed E-state index contributed by atoms with van der Waals surface area (Å²) in [5.41, 5.74) is 5.50. The minimum Gasteiger partial charge on any atom is -0.368 e. The highest BCUT2D eigenvalue weighted by atomic mass is 127. The third kappa shape index (κ3) is 6.00. The Labute approximate surface area is 159 Å². The van der Waals surface area contributed by atoms with Gasteiger partial charge in [0.15, 0.2) is 0 Å². The van der Waals surface area contributed by atoms with Crippen LogP contribution in [0.4, 0.5) is 0 Å². The minimum atomic E-state index is -1.07. The van der Waals surface area contributed by atoms with Gasteiger partial charge in [0.05, 0.1) is 0 Å². The van der Waals surface area contributed by atoms with Gasteiger partial charge < -0.3 is 11.1 Å². The van der Waals surface area contributed by atoms with Gasteiger partial charge in [-0.1, -0.05) is 98.1 Å². The average molecular weight is 612 g/mol. The number of rotatable bonds is 6. The second kappa shape index (κ2) is 7.56. The summed E-state index contributed by atoms with van der Waals surface area (Å²) in [7, 11) is 0. The molecular formula is C13H15I3N2O2. The van der Waals surface area contributed by atoms with E-state index in [1.54, 1.807) is 0 Å². The molecule has 1 aromatic rings. The Balaban J connectivity index is 3.15. The molecule has 2 amide bonds. The van der Waals surface area contributed by atoms with E-state index in [-0.39, 0.29) is 5.34 Å². The highest BCUT2D eigenvalue weighted by molar-refractivity contribution is 14.3. The van der Waals surface area contributed by atoms with E-state index < -0.39 is 11.4 Å². The van der Waals surface area contributed by atoms with Crippen molar-refractivity contribution in [3.05, 3.63) is 35.9 Å². The molecule has 0 spiro atoms. The van der Waals surface area contributed by atoms with Crippen molar-refractivity contribution in [2.45, 2.75) is 24.7 Å².